The molecule has 6 aromatic rings. The van der Waals surface area contributed by atoms with Gasteiger partial charge >= 0.3 is 0 Å². The van der Waals surface area contributed by atoms with Crippen LogP contribution < -0.4 is 20.0 Å². The third-order valence-electron chi connectivity index (χ3n) is 14.8. The minimum Gasteiger partial charge on any atom is -0.388 e. The SMILES string of the molecule is CCN(CC)c1ccc(C(=C2C=CC(=[N+](CC)CC)C=C2)c2ccccc2)cc1.CN(C)c1ccc(C(=C2C=CC(=[N+](C)C)C=C2)c2ccccc2)cc1.CNc1ccc(C(=C2C=CC(=[N+](C)C)C=C2)c2ccc(N(C)C)cc2)cc1. The molecule has 0 fully saturated rings. The fourth-order valence-electron chi connectivity index (χ4n) is 10.1. The normalized spacial score (nSPS) is 13.0. The summed E-state index contributed by atoms with van der Waals surface area (Å²) in [6.45, 7) is 12.9. The first-order chi connectivity index (χ1) is 39.3. The smallest absolute Gasteiger partial charge is 0.199 e. The van der Waals surface area contributed by atoms with Crippen molar-refractivity contribution >= 4 is 56.6 Å². The molecule has 81 heavy (non-hydrogen) atoms. The third kappa shape index (κ3) is 15.7. The third-order valence-corrected chi connectivity index (χ3v) is 14.8. The Morgan fingerprint density at radius 3 is 0.901 bits per heavy atom. The molecule has 0 atom stereocenters. The number of nitrogens with one attached hydrogen (secondary N) is 1. The minimum absolute atomic E-state index is 1.03. The Kier molecular flexibility index (Phi) is 21.7. The fourth-order valence-corrected chi connectivity index (χ4v) is 10.1. The molecule has 0 amide bonds. The monoisotopic (exact) mass is 1070 g/mol. The van der Waals surface area contributed by atoms with Crippen LogP contribution in [0.3, 0.4) is 0 Å². The van der Waals surface area contributed by atoms with Crippen molar-refractivity contribution in [1.29, 1.82) is 0 Å². The van der Waals surface area contributed by atoms with Crippen molar-refractivity contribution in [1.82, 2.24) is 0 Å². The lowest BCUT2D eigenvalue weighted by molar-refractivity contribution is -0.519. The number of allylic oxidation sites excluding steroid dienone is 15. The van der Waals surface area contributed by atoms with Gasteiger partial charge in [-0.2, -0.15) is 0 Å². The molecule has 0 heterocycles. The molecule has 0 radical (unpaired) electrons. The highest BCUT2D eigenvalue weighted by Crippen LogP contribution is 2.34. The molecule has 0 saturated carbocycles. The second-order valence-electron chi connectivity index (χ2n) is 20.9. The Balaban J connectivity index is 0.000000176. The molecule has 0 bridgehead atoms. The summed E-state index contributed by atoms with van der Waals surface area (Å²) in [7, 11) is 18.5. The van der Waals surface area contributed by atoms with E-state index < -0.39 is 0 Å². The van der Waals surface area contributed by atoms with E-state index in [0.717, 1.165) is 31.9 Å². The number of anilines is 4. The number of hydrogen-bond acceptors (Lipinski definition) is 4. The van der Waals surface area contributed by atoms with Crippen LogP contribution >= 0.6 is 0 Å². The molecule has 7 heteroatoms. The Morgan fingerprint density at radius 2 is 0.630 bits per heavy atom. The lowest BCUT2D eigenvalue weighted by Gasteiger charge is -2.22. The summed E-state index contributed by atoms with van der Waals surface area (Å²) >= 11 is 0. The zero-order chi connectivity index (χ0) is 57.8. The van der Waals surface area contributed by atoms with Crippen LogP contribution in [0.5, 0.6) is 0 Å². The summed E-state index contributed by atoms with van der Waals surface area (Å²) in [5.74, 6) is 0. The van der Waals surface area contributed by atoms with Crippen LogP contribution in [0, 0.1) is 0 Å². The summed E-state index contributed by atoms with van der Waals surface area (Å²) in [5, 5.41) is 3.19. The largest absolute Gasteiger partial charge is 0.388 e. The second kappa shape index (κ2) is 29.4. The van der Waals surface area contributed by atoms with E-state index in [2.05, 4.69) is 348 Å². The van der Waals surface area contributed by atoms with Crippen molar-refractivity contribution in [2.75, 3.05) is 110 Å². The van der Waals surface area contributed by atoms with Gasteiger partial charge < -0.3 is 20.0 Å². The molecule has 7 nitrogen and oxygen atoms in total. The molecule has 9 rings (SSSR count). The number of nitrogens with zero attached hydrogens (tertiary/aromatic N) is 6. The van der Waals surface area contributed by atoms with Gasteiger partial charge in [0.25, 0.3) is 0 Å². The fraction of sp³-hybridized carbons (Fsp3) is 0.230. The summed E-state index contributed by atoms with van der Waals surface area (Å²) in [6, 6.07) is 56.4. The van der Waals surface area contributed by atoms with Crippen LogP contribution in [0.2, 0.25) is 0 Å². The van der Waals surface area contributed by atoms with E-state index in [1.165, 1.54) is 101 Å². The maximum Gasteiger partial charge on any atom is 0.199 e. The van der Waals surface area contributed by atoms with E-state index in [1.54, 1.807) is 0 Å². The topological polar surface area (TPSA) is 30.8 Å². The average Bonchev–Trinajstić information content (AvgIpc) is 3.57. The molecule has 3 aliphatic rings. The van der Waals surface area contributed by atoms with Crippen LogP contribution in [-0.2, 0) is 0 Å². The molecular formula is C74H86N7+3. The molecule has 0 aliphatic heterocycles. The van der Waals surface area contributed by atoms with Crippen LogP contribution in [0.25, 0.3) is 16.7 Å². The maximum absolute atomic E-state index is 3.19. The predicted octanol–water partition coefficient (Wildman–Crippen LogP) is 14.8. The van der Waals surface area contributed by atoms with E-state index in [-0.39, 0.29) is 0 Å². The molecular weight excluding hydrogens is 987 g/mol. The summed E-state index contributed by atoms with van der Waals surface area (Å²) in [5.41, 5.74) is 23.4. The Hall–Kier alpha value is -8.81. The first-order valence-electron chi connectivity index (χ1n) is 28.6. The predicted molar refractivity (Wildman–Crippen MR) is 354 cm³/mol. The van der Waals surface area contributed by atoms with Gasteiger partial charge in [0.05, 0.1) is 0 Å². The Morgan fingerprint density at radius 1 is 0.346 bits per heavy atom. The van der Waals surface area contributed by atoms with Crippen molar-refractivity contribution < 1.29 is 13.7 Å². The van der Waals surface area contributed by atoms with Crippen molar-refractivity contribution in [3.8, 4) is 0 Å². The van der Waals surface area contributed by atoms with Gasteiger partial charge in [-0.25, -0.2) is 13.7 Å². The van der Waals surface area contributed by atoms with Gasteiger partial charge in [-0.05, 0) is 180 Å². The lowest BCUT2D eigenvalue weighted by atomic mass is 9.90. The summed E-state index contributed by atoms with van der Waals surface area (Å²) in [6.07, 6.45) is 26.5. The molecule has 6 aromatic carbocycles. The number of benzene rings is 6. The highest BCUT2D eigenvalue weighted by atomic mass is 15.1. The van der Waals surface area contributed by atoms with E-state index in [9.17, 15) is 0 Å². The minimum atomic E-state index is 1.03. The first-order valence-corrected chi connectivity index (χ1v) is 28.6. The molecule has 3 aliphatic carbocycles. The van der Waals surface area contributed by atoms with Crippen LogP contribution in [0.4, 0.5) is 22.7 Å². The standard InChI is InChI=1S/C27H33N2.C24H27N3.C23H25N2/c1-5-28(6-2)25-18-14-23(15-19-25)27(22-12-10-9-11-13-22)24-16-20-26(21-17-24)29(7-3)8-4;1-25-21-12-6-18(7-13-21)24(19-8-14-22(15-9-19)26(2)3)20-10-16-23(17-11-20)27(4)5;1-24(2)21-14-10-19(11-15-21)23(18-8-6-5-7-9-18)20-12-16-22(17-13-20)25(3)4/h9-21H,5-8H2,1-4H3;6-17H,1-5H3;5-17H,1-4H3/q+1;;+1/p+1. The van der Waals surface area contributed by atoms with Gasteiger partial charge in [0.2, 0.25) is 0 Å². The average molecular weight is 1070 g/mol. The van der Waals surface area contributed by atoms with Crippen molar-refractivity contribution in [2.45, 2.75) is 27.7 Å². The van der Waals surface area contributed by atoms with E-state index >= 15 is 0 Å². The Labute approximate surface area is 486 Å². The first kappa shape index (κ1) is 59.8. The molecule has 0 aromatic heterocycles. The quantitative estimate of drug-likeness (QED) is 0.110. The highest BCUT2D eigenvalue weighted by Gasteiger charge is 2.17. The maximum atomic E-state index is 3.19. The zero-order valence-electron chi connectivity index (χ0n) is 50.5. The number of rotatable bonds is 14. The summed E-state index contributed by atoms with van der Waals surface area (Å²) < 4.78 is 6.62. The lowest BCUT2D eigenvalue weighted by Crippen LogP contribution is -2.21. The van der Waals surface area contributed by atoms with E-state index in [4.69, 9.17) is 0 Å². The van der Waals surface area contributed by atoms with E-state index in [0.29, 0.717) is 0 Å². The second-order valence-corrected chi connectivity index (χ2v) is 20.9. The van der Waals surface area contributed by atoms with E-state index in [1.807, 2.05) is 7.05 Å². The molecule has 0 spiro atoms. The zero-order valence-corrected chi connectivity index (χ0v) is 50.5. The van der Waals surface area contributed by atoms with Crippen molar-refractivity contribution in [2.24, 2.45) is 0 Å². The molecule has 0 saturated heterocycles. The van der Waals surface area contributed by atoms with Crippen molar-refractivity contribution in [3.05, 3.63) is 281 Å². The van der Waals surface area contributed by atoms with Gasteiger partial charge in [0.1, 0.15) is 41.3 Å². The highest BCUT2D eigenvalue weighted by molar-refractivity contribution is 6.05. The van der Waals surface area contributed by atoms with Crippen LogP contribution in [-0.4, -0.2) is 120 Å². The van der Waals surface area contributed by atoms with Gasteiger partial charge in [0, 0.05) is 108 Å². The molecule has 1 N–H and O–H groups in total. The number of hydrogen-bond donors (Lipinski definition) is 1. The van der Waals surface area contributed by atoms with Gasteiger partial charge in [-0.1, -0.05) is 109 Å². The van der Waals surface area contributed by atoms with Crippen LogP contribution in [0.15, 0.2) is 247 Å². The molecule has 414 valence electrons. The Bertz CT molecular complexity index is 3390. The van der Waals surface area contributed by atoms with Crippen molar-refractivity contribution in [3.63, 3.8) is 0 Å². The molecule has 0 unspecified atom stereocenters. The van der Waals surface area contributed by atoms with Gasteiger partial charge in [0.15, 0.2) is 17.1 Å². The van der Waals surface area contributed by atoms with Crippen LogP contribution in [0.1, 0.15) is 61.1 Å². The summed E-state index contributed by atoms with van der Waals surface area (Å²) in [4.78, 5) is 6.62. The van der Waals surface area contributed by atoms with Gasteiger partial charge in [-0.15, -0.1) is 0 Å². The van der Waals surface area contributed by atoms with Gasteiger partial charge in [-0.3, -0.25) is 0 Å².